The predicted octanol–water partition coefficient (Wildman–Crippen LogP) is 2.72. The average Bonchev–Trinajstić information content (AvgIpc) is 2.86. The molecule has 4 N–H and O–H groups in total. The highest BCUT2D eigenvalue weighted by atomic mass is 19.1. The van der Waals surface area contributed by atoms with Gasteiger partial charge in [0.05, 0.1) is 12.0 Å². The summed E-state index contributed by atoms with van der Waals surface area (Å²) in [6, 6.07) is 15.7. The number of ether oxygens (including phenoxy) is 1. The number of alkyl carbamates (subject to hydrolysis) is 1. The van der Waals surface area contributed by atoms with Gasteiger partial charge in [-0.2, -0.15) is 0 Å². The van der Waals surface area contributed by atoms with Crippen LogP contribution in [0, 0.1) is 5.92 Å². The van der Waals surface area contributed by atoms with Crippen LogP contribution in [-0.4, -0.2) is 47.6 Å². The molecule has 2 aromatic rings. The molecular formula is C26H30FN3O6. The number of carboxylic acid groups (broad SMARTS) is 1. The van der Waals surface area contributed by atoms with E-state index in [4.69, 9.17) is 9.84 Å². The van der Waals surface area contributed by atoms with Gasteiger partial charge >= 0.3 is 12.1 Å². The van der Waals surface area contributed by atoms with Gasteiger partial charge in [-0.05, 0) is 31.1 Å². The number of carbonyl (C=O) groups excluding carboxylic acids is 3. The molecule has 192 valence electrons. The summed E-state index contributed by atoms with van der Waals surface area (Å²) in [7, 11) is 0. The Morgan fingerprint density at radius 1 is 0.944 bits per heavy atom. The zero-order valence-corrected chi connectivity index (χ0v) is 20.1. The van der Waals surface area contributed by atoms with Crippen molar-refractivity contribution in [2.75, 3.05) is 6.54 Å². The fraction of sp³-hybridized carbons (Fsp3) is 0.308. The Hall–Kier alpha value is -4.21. The monoisotopic (exact) mass is 499 g/mol. The smallest absolute Gasteiger partial charge is 0.407 e. The van der Waals surface area contributed by atoms with Crippen LogP contribution >= 0.6 is 0 Å². The SMILES string of the molecule is C[C@H](/C=C(\F)[C@H](C)NC(=O)[C@H](Cc1ccccc1)NC(=O)CNC(=O)OCc1ccccc1)C(=O)O. The molecule has 0 heterocycles. The Morgan fingerprint density at radius 2 is 1.53 bits per heavy atom. The highest BCUT2D eigenvalue weighted by molar-refractivity contribution is 5.90. The number of aliphatic carboxylic acids is 1. The van der Waals surface area contributed by atoms with Crippen molar-refractivity contribution < 1.29 is 33.4 Å². The Morgan fingerprint density at radius 3 is 2.11 bits per heavy atom. The van der Waals surface area contributed by atoms with Gasteiger partial charge < -0.3 is 25.8 Å². The Labute approximate surface area is 208 Å². The number of nitrogens with one attached hydrogen (secondary N) is 3. The minimum atomic E-state index is -1.20. The van der Waals surface area contributed by atoms with E-state index in [1.54, 1.807) is 54.6 Å². The predicted molar refractivity (Wildman–Crippen MR) is 130 cm³/mol. The van der Waals surface area contributed by atoms with Gasteiger partial charge in [-0.25, -0.2) is 9.18 Å². The van der Waals surface area contributed by atoms with Gasteiger partial charge in [0.25, 0.3) is 0 Å². The maximum Gasteiger partial charge on any atom is 0.407 e. The number of hydrogen-bond acceptors (Lipinski definition) is 5. The van der Waals surface area contributed by atoms with Crippen LogP contribution in [0.5, 0.6) is 0 Å². The number of rotatable bonds is 12. The summed E-state index contributed by atoms with van der Waals surface area (Å²) in [4.78, 5) is 48.2. The summed E-state index contributed by atoms with van der Waals surface area (Å²) in [5.74, 6) is -4.40. The zero-order chi connectivity index (χ0) is 26.5. The van der Waals surface area contributed by atoms with Gasteiger partial charge in [0.2, 0.25) is 11.8 Å². The minimum absolute atomic E-state index is 0.0325. The first-order valence-corrected chi connectivity index (χ1v) is 11.3. The number of hydrogen-bond donors (Lipinski definition) is 4. The van der Waals surface area contributed by atoms with Crippen molar-refractivity contribution in [2.24, 2.45) is 5.92 Å². The van der Waals surface area contributed by atoms with Gasteiger partial charge in [-0.1, -0.05) is 60.7 Å². The molecule has 10 heteroatoms. The fourth-order valence-electron chi connectivity index (χ4n) is 3.07. The van der Waals surface area contributed by atoms with E-state index in [-0.39, 0.29) is 13.0 Å². The lowest BCUT2D eigenvalue weighted by molar-refractivity contribution is -0.139. The molecule has 9 nitrogen and oxygen atoms in total. The van der Waals surface area contributed by atoms with Crippen molar-refractivity contribution in [3.8, 4) is 0 Å². The van der Waals surface area contributed by atoms with E-state index >= 15 is 0 Å². The molecular weight excluding hydrogens is 469 g/mol. The summed E-state index contributed by atoms with van der Waals surface area (Å²) >= 11 is 0. The van der Waals surface area contributed by atoms with Crippen molar-refractivity contribution in [3.63, 3.8) is 0 Å². The average molecular weight is 500 g/mol. The molecule has 3 amide bonds. The topological polar surface area (TPSA) is 134 Å². The summed E-state index contributed by atoms with van der Waals surface area (Å²) in [5.41, 5.74) is 1.53. The molecule has 0 saturated heterocycles. The van der Waals surface area contributed by atoms with Crippen molar-refractivity contribution >= 4 is 23.9 Å². The second kappa shape index (κ2) is 14.2. The van der Waals surface area contributed by atoms with Crippen molar-refractivity contribution in [3.05, 3.63) is 83.7 Å². The zero-order valence-electron chi connectivity index (χ0n) is 20.1. The molecule has 0 aliphatic rings. The van der Waals surface area contributed by atoms with Crippen molar-refractivity contribution in [1.82, 2.24) is 16.0 Å². The molecule has 2 aromatic carbocycles. The third kappa shape index (κ3) is 9.96. The first-order valence-electron chi connectivity index (χ1n) is 11.3. The molecule has 0 aliphatic carbocycles. The molecule has 0 fully saturated rings. The van der Waals surface area contributed by atoms with E-state index < -0.39 is 54.3 Å². The summed E-state index contributed by atoms with van der Waals surface area (Å²) in [6.07, 6.45) is 0.218. The molecule has 0 radical (unpaired) electrons. The molecule has 0 aliphatic heterocycles. The van der Waals surface area contributed by atoms with E-state index in [0.29, 0.717) is 0 Å². The lowest BCUT2D eigenvalue weighted by Gasteiger charge is -2.21. The van der Waals surface area contributed by atoms with Gasteiger partial charge in [-0.3, -0.25) is 14.4 Å². The van der Waals surface area contributed by atoms with Gasteiger partial charge in [0, 0.05) is 6.42 Å². The Kier molecular flexibility index (Phi) is 11.1. The number of amides is 3. The van der Waals surface area contributed by atoms with Crippen molar-refractivity contribution in [2.45, 2.75) is 39.0 Å². The van der Waals surface area contributed by atoms with E-state index in [9.17, 15) is 23.6 Å². The third-order valence-corrected chi connectivity index (χ3v) is 5.11. The summed E-state index contributed by atoms with van der Waals surface area (Å²) in [6.45, 7) is 2.27. The standard InChI is InChI=1S/C26H30FN3O6/c1-17(25(33)34)13-21(27)18(2)29-24(32)22(14-19-9-5-3-6-10-19)30-23(31)15-28-26(35)36-16-20-11-7-4-8-12-20/h3-13,17-18,22H,14-16H2,1-2H3,(H,28,35)(H,29,32)(H,30,31)(H,33,34)/b21-13-/t17-,18+,22+/m1/s1. The summed E-state index contributed by atoms with van der Waals surface area (Å²) < 4.78 is 19.4. The molecule has 0 spiro atoms. The Balaban J connectivity index is 1.96. The van der Waals surface area contributed by atoms with Crippen LogP contribution in [0.3, 0.4) is 0 Å². The lowest BCUT2D eigenvalue weighted by atomic mass is 10.0. The number of carboxylic acids is 1. The van der Waals surface area contributed by atoms with Crippen LogP contribution < -0.4 is 16.0 Å². The van der Waals surface area contributed by atoms with E-state index in [1.165, 1.54) is 13.8 Å². The largest absolute Gasteiger partial charge is 0.481 e. The summed E-state index contributed by atoms with van der Waals surface area (Å²) in [5, 5.41) is 16.3. The van der Waals surface area contributed by atoms with Gasteiger partial charge in [0.1, 0.15) is 25.0 Å². The highest BCUT2D eigenvalue weighted by Crippen LogP contribution is 2.11. The number of halogens is 1. The maximum atomic E-state index is 14.4. The molecule has 36 heavy (non-hydrogen) atoms. The second-order valence-corrected chi connectivity index (χ2v) is 8.13. The van der Waals surface area contributed by atoms with Gasteiger partial charge in [0.15, 0.2) is 0 Å². The number of benzene rings is 2. The first kappa shape index (κ1) is 28.0. The van der Waals surface area contributed by atoms with Crippen LogP contribution in [0.4, 0.5) is 9.18 Å². The molecule has 3 atom stereocenters. The van der Waals surface area contributed by atoms with E-state index in [2.05, 4.69) is 16.0 Å². The molecule has 0 saturated carbocycles. The Bertz CT molecular complexity index is 1060. The normalized spacial score (nSPS) is 13.6. The van der Waals surface area contributed by atoms with Crippen LogP contribution in [0.25, 0.3) is 0 Å². The van der Waals surface area contributed by atoms with E-state index in [0.717, 1.165) is 17.2 Å². The second-order valence-electron chi connectivity index (χ2n) is 8.13. The fourth-order valence-corrected chi connectivity index (χ4v) is 3.07. The minimum Gasteiger partial charge on any atom is -0.481 e. The maximum absolute atomic E-state index is 14.4. The highest BCUT2D eigenvalue weighted by Gasteiger charge is 2.24. The van der Waals surface area contributed by atoms with E-state index in [1.807, 2.05) is 6.07 Å². The lowest BCUT2D eigenvalue weighted by Crippen LogP contribution is -2.52. The third-order valence-electron chi connectivity index (χ3n) is 5.11. The van der Waals surface area contributed by atoms with Crippen LogP contribution in [0.1, 0.15) is 25.0 Å². The number of carbonyl (C=O) groups is 4. The quantitative estimate of drug-likeness (QED) is 0.355. The van der Waals surface area contributed by atoms with Crippen LogP contribution in [0.2, 0.25) is 0 Å². The van der Waals surface area contributed by atoms with Crippen LogP contribution in [0.15, 0.2) is 72.6 Å². The molecule has 2 rings (SSSR count). The molecule has 0 unspecified atom stereocenters. The van der Waals surface area contributed by atoms with Crippen LogP contribution in [-0.2, 0) is 32.1 Å². The molecule has 0 aromatic heterocycles. The van der Waals surface area contributed by atoms with Crippen molar-refractivity contribution in [1.29, 1.82) is 0 Å². The van der Waals surface area contributed by atoms with Gasteiger partial charge in [-0.15, -0.1) is 0 Å². The molecule has 0 bridgehead atoms. The first-order chi connectivity index (χ1) is 17.2.